The van der Waals surface area contributed by atoms with Gasteiger partial charge >= 0.3 is 7.60 Å². The highest BCUT2D eigenvalue weighted by Crippen LogP contribution is 2.63. The molecule has 134 valence electrons. The number of nitrogens with one attached hydrogen (secondary N) is 1. The normalized spacial score (nSPS) is 24.5. The van der Waals surface area contributed by atoms with Crippen LogP contribution in [-0.4, -0.2) is 19.3 Å². The Morgan fingerprint density at radius 2 is 1.92 bits per heavy atom. The summed E-state index contributed by atoms with van der Waals surface area (Å²) >= 11 is 0. The SMILES string of the molecule is CCOc1ccc([C@H](Nc2ccccc2)[P@@]2(=O)OCC[C@H](C)O2)cc1. The number of benzene rings is 2. The van der Waals surface area contributed by atoms with Crippen LogP contribution in [0.4, 0.5) is 5.69 Å². The van der Waals surface area contributed by atoms with Crippen molar-refractivity contribution >= 4 is 13.3 Å². The van der Waals surface area contributed by atoms with Crippen molar-refractivity contribution in [2.45, 2.75) is 32.2 Å². The fourth-order valence-corrected chi connectivity index (χ4v) is 4.91. The van der Waals surface area contributed by atoms with Crippen molar-refractivity contribution in [2.75, 3.05) is 18.5 Å². The molecule has 25 heavy (non-hydrogen) atoms. The van der Waals surface area contributed by atoms with Crippen LogP contribution in [0.2, 0.25) is 0 Å². The summed E-state index contributed by atoms with van der Waals surface area (Å²) in [7, 11) is -3.35. The maximum absolute atomic E-state index is 13.4. The molecular formula is C19H24NO4P. The van der Waals surface area contributed by atoms with E-state index in [9.17, 15) is 4.57 Å². The van der Waals surface area contributed by atoms with Crippen LogP contribution in [0, 0.1) is 0 Å². The quantitative estimate of drug-likeness (QED) is 0.716. The van der Waals surface area contributed by atoms with Gasteiger partial charge in [0.25, 0.3) is 0 Å². The second-order valence-corrected chi connectivity index (χ2v) is 8.06. The number of anilines is 1. The van der Waals surface area contributed by atoms with Gasteiger partial charge in [-0.1, -0.05) is 30.3 Å². The number of hydrogen-bond acceptors (Lipinski definition) is 5. The van der Waals surface area contributed by atoms with Gasteiger partial charge < -0.3 is 19.1 Å². The fourth-order valence-electron chi connectivity index (χ4n) is 2.77. The lowest BCUT2D eigenvalue weighted by molar-refractivity contribution is 0.0887. The van der Waals surface area contributed by atoms with Gasteiger partial charge in [-0.25, -0.2) is 0 Å². The molecule has 0 bridgehead atoms. The monoisotopic (exact) mass is 361 g/mol. The molecule has 5 nitrogen and oxygen atoms in total. The molecule has 0 aliphatic carbocycles. The Kier molecular flexibility index (Phi) is 5.79. The Hall–Kier alpha value is -1.81. The van der Waals surface area contributed by atoms with Crippen molar-refractivity contribution in [1.82, 2.24) is 0 Å². The molecule has 6 heteroatoms. The Morgan fingerprint density at radius 1 is 1.20 bits per heavy atom. The molecule has 2 aromatic carbocycles. The van der Waals surface area contributed by atoms with Gasteiger partial charge in [-0.3, -0.25) is 4.57 Å². The molecule has 0 radical (unpaired) electrons. The lowest BCUT2D eigenvalue weighted by atomic mass is 10.2. The van der Waals surface area contributed by atoms with Gasteiger partial charge in [0, 0.05) is 5.69 Å². The van der Waals surface area contributed by atoms with Crippen LogP contribution < -0.4 is 10.1 Å². The smallest absolute Gasteiger partial charge is 0.357 e. The van der Waals surface area contributed by atoms with Crippen molar-refractivity contribution in [2.24, 2.45) is 0 Å². The van der Waals surface area contributed by atoms with Gasteiger partial charge in [-0.2, -0.15) is 0 Å². The van der Waals surface area contributed by atoms with E-state index >= 15 is 0 Å². The largest absolute Gasteiger partial charge is 0.494 e. The van der Waals surface area contributed by atoms with Crippen molar-refractivity contribution in [3.8, 4) is 5.75 Å². The van der Waals surface area contributed by atoms with Gasteiger partial charge in [0.15, 0.2) is 5.78 Å². The average molecular weight is 361 g/mol. The maximum Gasteiger partial charge on any atom is 0.357 e. The van der Waals surface area contributed by atoms with E-state index in [4.69, 9.17) is 13.8 Å². The molecule has 0 spiro atoms. The first-order valence-corrected chi connectivity index (χ1v) is 10.2. The van der Waals surface area contributed by atoms with Crippen LogP contribution in [0.5, 0.6) is 5.75 Å². The molecule has 3 atom stereocenters. The summed E-state index contributed by atoms with van der Waals surface area (Å²) in [5.74, 6) is 0.204. The van der Waals surface area contributed by atoms with Crippen molar-refractivity contribution in [1.29, 1.82) is 0 Å². The topological polar surface area (TPSA) is 56.8 Å². The number of rotatable bonds is 6. The first-order chi connectivity index (χ1) is 12.1. The zero-order valence-corrected chi connectivity index (χ0v) is 15.4. The summed E-state index contributed by atoms with van der Waals surface area (Å²) in [5.41, 5.74) is 1.70. The fraction of sp³-hybridized carbons (Fsp3) is 0.368. The minimum absolute atomic E-state index is 0.0950. The summed E-state index contributed by atoms with van der Waals surface area (Å²) in [6.45, 7) is 4.90. The van der Waals surface area contributed by atoms with Crippen LogP contribution >= 0.6 is 7.60 Å². The lowest BCUT2D eigenvalue weighted by Gasteiger charge is -2.34. The molecule has 0 amide bonds. The molecule has 0 aromatic heterocycles. The molecule has 1 aliphatic heterocycles. The highest BCUT2D eigenvalue weighted by atomic mass is 31.2. The summed E-state index contributed by atoms with van der Waals surface area (Å²) in [6, 6.07) is 17.2. The van der Waals surface area contributed by atoms with Gasteiger partial charge in [0.2, 0.25) is 0 Å². The Labute approximate surface area is 148 Å². The van der Waals surface area contributed by atoms with Crippen LogP contribution in [0.15, 0.2) is 54.6 Å². The highest BCUT2D eigenvalue weighted by Gasteiger charge is 2.41. The molecule has 1 N–H and O–H groups in total. The van der Waals surface area contributed by atoms with Crippen LogP contribution in [0.1, 0.15) is 31.6 Å². The standard InChI is InChI=1S/C19H24NO4P/c1-3-22-18-11-9-16(10-12-18)19(20-17-7-5-4-6-8-17)25(21)23-14-13-15(2)24-25/h4-12,15,19-20H,3,13-14H2,1-2H3/t15-,19+,25+/m0/s1. The first kappa shape index (κ1) is 18.0. The van der Waals surface area contributed by atoms with Crippen LogP contribution in [0.25, 0.3) is 0 Å². The van der Waals surface area contributed by atoms with E-state index in [0.717, 1.165) is 23.4 Å². The minimum atomic E-state index is -3.35. The summed E-state index contributed by atoms with van der Waals surface area (Å²) in [5, 5.41) is 3.32. The minimum Gasteiger partial charge on any atom is -0.494 e. The number of para-hydroxylation sites is 1. The Balaban J connectivity index is 1.92. The Morgan fingerprint density at radius 3 is 2.56 bits per heavy atom. The summed E-state index contributed by atoms with van der Waals surface area (Å²) in [4.78, 5) is 0. The van der Waals surface area contributed by atoms with Crippen molar-refractivity contribution in [3.05, 3.63) is 60.2 Å². The summed E-state index contributed by atoms with van der Waals surface area (Å²) < 4.78 is 30.3. The third-order valence-corrected chi connectivity index (χ3v) is 6.28. The van der Waals surface area contributed by atoms with Crippen LogP contribution in [0.3, 0.4) is 0 Å². The van der Waals surface area contributed by atoms with Gasteiger partial charge in [0.05, 0.1) is 19.3 Å². The second kappa shape index (κ2) is 8.05. The molecule has 3 rings (SSSR count). The van der Waals surface area contributed by atoms with E-state index in [1.165, 1.54) is 0 Å². The van der Waals surface area contributed by atoms with E-state index in [2.05, 4.69) is 5.32 Å². The zero-order chi connectivity index (χ0) is 17.7. The molecule has 1 saturated heterocycles. The first-order valence-electron chi connectivity index (χ1n) is 8.58. The predicted octanol–water partition coefficient (Wildman–Crippen LogP) is 5.21. The molecule has 1 fully saturated rings. The lowest BCUT2D eigenvalue weighted by Crippen LogP contribution is -2.23. The van der Waals surface area contributed by atoms with E-state index in [1.807, 2.05) is 68.4 Å². The third kappa shape index (κ3) is 4.43. The Bertz CT molecular complexity index is 720. The van der Waals surface area contributed by atoms with Gasteiger partial charge in [-0.05, 0) is 50.1 Å². The molecule has 2 aromatic rings. The van der Waals surface area contributed by atoms with Crippen molar-refractivity contribution in [3.63, 3.8) is 0 Å². The second-order valence-electron chi connectivity index (χ2n) is 5.99. The maximum atomic E-state index is 13.4. The highest BCUT2D eigenvalue weighted by molar-refractivity contribution is 7.54. The summed E-state index contributed by atoms with van der Waals surface area (Å²) in [6.07, 6.45) is 0.646. The predicted molar refractivity (Wildman–Crippen MR) is 99.1 cm³/mol. The van der Waals surface area contributed by atoms with Gasteiger partial charge in [-0.15, -0.1) is 0 Å². The van der Waals surface area contributed by atoms with E-state index in [0.29, 0.717) is 13.2 Å². The molecular weight excluding hydrogens is 337 g/mol. The van der Waals surface area contributed by atoms with E-state index in [1.54, 1.807) is 0 Å². The molecule has 0 unspecified atom stereocenters. The average Bonchev–Trinajstić information content (AvgIpc) is 2.61. The molecule has 1 heterocycles. The van der Waals surface area contributed by atoms with Crippen LogP contribution in [-0.2, 0) is 13.6 Å². The third-order valence-electron chi connectivity index (χ3n) is 4.02. The van der Waals surface area contributed by atoms with E-state index < -0.39 is 13.4 Å². The zero-order valence-electron chi connectivity index (χ0n) is 14.6. The molecule has 0 saturated carbocycles. The number of ether oxygens (including phenoxy) is 1. The van der Waals surface area contributed by atoms with E-state index in [-0.39, 0.29) is 6.10 Å². The molecule has 1 aliphatic rings. The van der Waals surface area contributed by atoms with Crippen molar-refractivity contribution < 1.29 is 18.3 Å². The number of hydrogen-bond donors (Lipinski definition) is 1. The van der Waals surface area contributed by atoms with Gasteiger partial charge in [0.1, 0.15) is 5.75 Å².